The highest BCUT2D eigenvalue weighted by atomic mass is 32.2. The maximum absolute atomic E-state index is 13.6. The molecular formula is C14H14FN5OS. The molecule has 1 aromatic heterocycles. The van der Waals surface area contributed by atoms with Crippen LogP contribution in [-0.4, -0.2) is 45.3 Å². The van der Waals surface area contributed by atoms with Crippen LogP contribution in [0.3, 0.4) is 0 Å². The third-order valence-electron chi connectivity index (χ3n) is 2.90. The molecular weight excluding hydrogens is 305 g/mol. The first-order valence-electron chi connectivity index (χ1n) is 6.53. The molecule has 1 N–H and O–H groups in total. The average molecular weight is 319 g/mol. The van der Waals surface area contributed by atoms with Crippen molar-refractivity contribution in [1.82, 2.24) is 20.1 Å². The molecule has 1 heterocycles. The summed E-state index contributed by atoms with van der Waals surface area (Å²) in [5.74, 6) is -0.0119. The van der Waals surface area contributed by atoms with Crippen LogP contribution in [0.5, 0.6) is 0 Å². The van der Waals surface area contributed by atoms with Gasteiger partial charge in [0.2, 0.25) is 11.1 Å². The molecule has 0 aliphatic carbocycles. The van der Waals surface area contributed by atoms with E-state index in [1.54, 1.807) is 25.2 Å². The Bertz CT molecular complexity index is 697. The fraction of sp³-hybridized carbons (Fsp3) is 0.286. The van der Waals surface area contributed by atoms with E-state index in [4.69, 9.17) is 5.26 Å². The number of benzene rings is 1. The minimum absolute atomic E-state index is 0.113. The van der Waals surface area contributed by atoms with E-state index in [0.717, 1.165) is 11.8 Å². The van der Waals surface area contributed by atoms with Gasteiger partial charge in [0.15, 0.2) is 5.82 Å². The minimum Gasteiger partial charge on any atom is -0.344 e. The van der Waals surface area contributed by atoms with Gasteiger partial charge in [0.05, 0.1) is 23.8 Å². The smallest absolute Gasteiger partial charge is 0.232 e. The average Bonchev–Trinajstić information content (AvgIpc) is 2.99. The molecule has 22 heavy (non-hydrogen) atoms. The van der Waals surface area contributed by atoms with Crippen molar-refractivity contribution in [2.24, 2.45) is 0 Å². The quantitative estimate of drug-likeness (QED) is 0.824. The van der Waals surface area contributed by atoms with Crippen molar-refractivity contribution in [3.05, 3.63) is 30.1 Å². The number of H-pyrrole nitrogens is 1. The van der Waals surface area contributed by atoms with Crippen LogP contribution in [0.4, 0.5) is 4.39 Å². The van der Waals surface area contributed by atoms with Gasteiger partial charge < -0.3 is 4.90 Å². The molecule has 0 aliphatic rings. The lowest BCUT2D eigenvalue weighted by Crippen LogP contribution is -2.29. The second-order valence-electron chi connectivity index (χ2n) is 4.46. The lowest BCUT2D eigenvalue weighted by Gasteiger charge is -2.14. The van der Waals surface area contributed by atoms with Gasteiger partial charge in [-0.15, -0.1) is 5.10 Å². The number of hydrogen-bond acceptors (Lipinski definition) is 5. The second-order valence-corrected chi connectivity index (χ2v) is 5.40. The first kappa shape index (κ1) is 16.0. The van der Waals surface area contributed by atoms with Crippen LogP contribution in [0.1, 0.15) is 6.42 Å². The van der Waals surface area contributed by atoms with E-state index in [-0.39, 0.29) is 17.5 Å². The van der Waals surface area contributed by atoms with Gasteiger partial charge in [0.1, 0.15) is 5.82 Å². The standard InChI is InChI=1S/C14H14FN5OS/c1-20(8-4-7-16)12(21)9-22-14-17-13(18-19-14)10-5-2-3-6-11(10)15/h2-3,5-6H,4,8-9H2,1H3,(H,17,18,19). The summed E-state index contributed by atoms with van der Waals surface area (Å²) in [5, 5.41) is 15.5. The topological polar surface area (TPSA) is 85.7 Å². The molecule has 0 fully saturated rings. The third kappa shape index (κ3) is 4.05. The van der Waals surface area contributed by atoms with Crippen molar-refractivity contribution in [3.63, 3.8) is 0 Å². The predicted octanol–water partition coefficient (Wildman–Crippen LogP) is 2.07. The van der Waals surface area contributed by atoms with Gasteiger partial charge in [0, 0.05) is 13.6 Å². The maximum atomic E-state index is 13.6. The Balaban J connectivity index is 1.94. The van der Waals surface area contributed by atoms with Crippen LogP contribution in [-0.2, 0) is 4.79 Å². The first-order chi connectivity index (χ1) is 10.6. The van der Waals surface area contributed by atoms with E-state index >= 15 is 0 Å². The Morgan fingerprint density at radius 2 is 2.27 bits per heavy atom. The summed E-state index contributed by atoms with van der Waals surface area (Å²) < 4.78 is 13.6. The van der Waals surface area contributed by atoms with E-state index < -0.39 is 0 Å². The molecule has 0 unspecified atom stereocenters. The van der Waals surface area contributed by atoms with Crippen LogP contribution in [0.25, 0.3) is 11.4 Å². The van der Waals surface area contributed by atoms with Gasteiger partial charge in [-0.25, -0.2) is 9.37 Å². The van der Waals surface area contributed by atoms with Crippen molar-refractivity contribution >= 4 is 17.7 Å². The number of thioether (sulfide) groups is 1. The van der Waals surface area contributed by atoms with Crippen LogP contribution >= 0.6 is 11.8 Å². The number of aromatic nitrogens is 3. The van der Waals surface area contributed by atoms with Gasteiger partial charge in [-0.05, 0) is 12.1 Å². The van der Waals surface area contributed by atoms with E-state index in [9.17, 15) is 9.18 Å². The molecule has 114 valence electrons. The molecule has 1 aromatic carbocycles. The molecule has 6 nitrogen and oxygen atoms in total. The molecule has 0 saturated heterocycles. The molecule has 0 radical (unpaired) electrons. The number of rotatable bonds is 6. The van der Waals surface area contributed by atoms with Gasteiger partial charge in [-0.2, -0.15) is 5.26 Å². The van der Waals surface area contributed by atoms with Crippen molar-refractivity contribution in [2.45, 2.75) is 11.6 Å². The summed E-state index contributed by atoms with van der Waals surface area (Å²) >= 11 is 1.16. The number of aromatic amines is 1. The monoisotopic (exact) mass is 319 g/mol. The number of halogens is 1. The zero-order valence-corrected chi connectivity index (χ0v) is 12.7. The molecule has 0 atom stereocenters. The number of hydrogen-bond donors (Lipinski definition) is 1. The number of nitrogens with one attached hydrogen (secondary N) is 1. The highest BCUT2D eigenvalue weighted by Gasteiger charge is 2.13. The molecule has 8 heteroatoms. The second kappa shape index (κ2) is 7.56. The van der Waals surface area contributed by atoms with E-state index in [1.165, 1.54) is 11.0 Å². The summed E-state index contributed by atoms with van der Waals surface area (Å²) in [6.07, 6.45) is 0.297. The SMILES string of the molecule is CN(CCC#N)C(=O)CSc1n[nH]c(-c2ccccc2F)n1. The van der Waals surface area contributed by atoms with Crippen LogP contribution < -0.4 is 0 Å². The first-order valence-corrected chi connectivity index (χ1v) is 7.51. The molecule has 0 saturated carbocycles. The minimum atomic E-state index is -0.387. The lowest BCUT2D eigenvalue weighted by molar-refractivity contribution is -0.127. The maximum Gasteiger partial charge on any atom is 0.232 e. The number of nitrogens with zero attached hydrogens (tertiary/aromatic N) is 4. The van der Waals surface area contributed by atoms with Crippen LogP contribution in [0.2, 0.25) is 0 Å². The molecule has 0 spiro atoms. The molecule has 0 aliphatic heterocycles. The number of carbonyl (C=O) groups is 1. The van der Waals surface area contributed by atoms with E-state index in [2.05, 4.69) is 15.2 Å². The molecule has 1 amide bonds. The summed E-state index contributed by atoms with van der Waals surface area (Å²) in [6.45, 7) is 0.393. The number of carbonyl (C=O) groups excluding carboxylic acids is 1. The predicted molar refractivity (Wildman–Crippen MR) is 80.4 cm³/mol. The van der Waals surface area contributed by atoms with Crippen molar-refractivity contribution in [1.29, 1.82) is 5.26 Å². The summed E-state index contributed by atoms with van der Waals surface area (Å²) in [4.78, 5) is 17.5. The van der Waals surface area contributed by atoms with Crippen molar-refractivity contribution in [3.8, 4) is 17.5 Å². The largest absolute Gasteiger partial charge is 0.344 e. The highest BCUT2D eigenvalue weighted by Crippen LogP contribution is 2.21. The van der Waals surface area contributed by atoms with Crippen molar-refractivity contribution < 1.29 is 9.18 Å². The Kier molecular flexibility index (Phi) is 5.49. The Hall–Kier alpha value is -2.40. The third-order valence-corrected chi connectivity index (χ3v) is 3.74. The lowest BCUT2D eigenvalue weighted by atomic mass is 10.2. The molecule has 2 aromatic rings. The zero-order valence-electron chi connectivity index (χ0n) is 11.9. The van der Waals surface area contributed by atoms with Gasteiger partial charge in [-0.1, -0.05) is 23.9 Å². The zero-order chi connectivity index (χ0) is 15.9. The fourth-order valence-corrected chi connectivity index (χ4v) is 2.40. The van der Waals surface area contributed by atoms with Crippen LogP contribution in [0.15, 0.2) is 29.4 Å². The summed E-state index contributed by atoms with van der Waals surface area (Å²) in [5.41, 5.74) is 0.333. The number of nitriles is 1. The van der Waals surface area contributed by atoms with Gasteiger partial charge in [0.25, 0.3) is 0 Å². The van der Waals surface area contributed by atoms with Gasteiger partial charge in [-0.3, -0.25) is 9.89 Å². The van der Waals surface area contributed by atoms with E-state index in [0.29, 0.717) is 29.5 Å². The summed E-state index contributed by atoms with van der Waals surface area (Å²) in [7, 11) is 1.64. The van der Waals surface area contributed by atoms with Gasteiger partial charge >= 0.3 is 0 Å². The summed E-state index contributed by atoms with van der Waals surface area (Å²) in [6, 6.07) is 8.24. The fourth-order valence-electron chi connectivity index (χ4n) is 1.66. The Morgan fingerprint density at radius 1 is 1.50 bits per heavy atom. The van der Waals surface area contributed by atoms with Crippen molar-refractivity contribution in [2.75, 3.05) is 19.3 Å². The van der Waals surface area contributed by atoms with E-state index in [1.807, 2.05) is 6.07 Å². The number of amides is 1. The Morgan fingerprint density at radius 3 is 3.00 bits per heavy atom. The molecule has 2 rings (SSSR count). The molecule has 0 bridgehead atoms. The highest BCUT2D eigenvalue weighted by molar-refractivity contribution is 7.99. The van der Waals surface area contributed by atoms with Crippen LogP contribution in [0, 0.1) is 17.1 Å². The Labute approximate surface area is 131 Å². The normalized spacial score (nSPS) is 10.2.